The van der Waals surface area contributed by atoms with Crippen LogP contribution in [0.2, 0.25) is 0 Å². The number of aryl methyl sites for hydroxylation is 1. The number of aromatic nitrogens is 2. The van der Waals surface area contributed by atoms with Crippen LogP contribution in [0.4, 0.5) is 5.69 Å². The molecule has 2 saturated carbocycles. The number of anilines is 1. The molecule has 0 radical (unpaired) electrons. The summed E-state index contributed by atoms with van der Waals surface area (Å²) in [5.74, 6) is 1.45. The smallest absolute Gasteiger partial charge is 0.274 e. The molecule has 2 aromatic heterocycles. The number of nitriles is 1. The normalized spacial score (nSPS) is 20.6. The van der Waals surface area contributed by atoms with E-state index < -0.39 is 0 Å². The fourth-order valence-corrected chi connectivity index (χ4v) is 5.52. The molecule has 3 aromatic rings. The van der Waals surface area contributed by atoms with E-state index in [2.05, 4.69) is 28.1 Å². The number of Topliss-reactive ketones (excluding diaryl/α,β-unsaturated/α-hetero) is 1. The molecule has 0 spiro atoms. The zero-order valence-electron chi connectivity index (χ0n) is 20.3. The lowest BCUT2D eigenvalue weighted by Gasteiger charge is -2.24. The Morgan fingerprint density at radius 1 is 1.09 bits per heavy atom. The zero-order valence-corrected chi connectivity index (χ0v) is 20.3. The number of hydrogen-bond donors (Lipinski definition) is 1. The molecule has 0 saturated heterocycles. The van der Waals surface area contributed by atoms with Crippen molar-refractivity contribution >= 4 is 28.3 Å². The van der Waals surface area contributed by atoms with Crippen molar-refractivity contribution in [1.82, 2.24) is 9.55 Å². The summed E-state index contributed by atoms with van der Waals surface area (Å²) in [6, 6.07) is 11.1. The first-order chi connectivity index (χ1) is 17.0. The zero-order chi connectivity index (χ0) is 24.4. The van der Waals surface area contributed by atoms with Gasteiger partial charge in [0.2, 0.25) is 0 Å². The molecule has 2 fully saturated rings. The van der Waals surface area contributed by atoms with Gasteiger partial charge in [-0.2, -0.15) is 5.26 Å². The van der Waals surface area contributed by atoms with Crippen molar-refractivity contribution in [2.24, 2.45) is 18.9 Å². The van der Waals surface area contributed by atoms with Crippen molar-refractivity contribution in [3.05, 3.63) is 59.5 Å². The Bertz CT molecular complexity index is 1300. The highest BCUT2D eigenvalue weighted by molar-refractivity contribution is 6.04. The first kappa shape index (κ1) is 23.3. The lowest BCUT2D eigenvalue weighted by atomic mass is 9.80. The third kappa shape index (κ3) is 5.30. The average Bonchev–Trinajstić information content (AvgIpc) is 3.60. The number of ketones is 1. The standard InChI is InChI=1S/C29H32N4O2/c1-33-18-25(21-4-2-3-5-22(9-8-21)28(34)15-19-6-7-19)24-16-23(10-11-27(24)33)32-29(35)26-14-20(17-30)12-13-31-26/h10-14,16,18-19,21-22H,2-9,15H2,1H3,(H,32,35). The quantitative estimate of drug-likeness (QED) is 0.472. The number of pyridine rings is 1. The van der Waals surface area contributed by atoms with Gasteiger partial charge in [0.15, 0.2) is 0 Å². The van der Waals surface area contributed by atoms with Crippen LogP contribution in [0, 0.1) is 23.2 Å². The molecular formula is C29H32N4O2. The predicted molar refractivity (Wildman–Crippen MR) is 136 cm³/mol. The molecule has 1 amide bonds. The van der Waals surface area contributed by atoms with Gasteiger partial charge in [-0.25, -0.2) is 0 Å². The average molecular weight is 469 g/mol. The number of carbonyl (C=O) groups excluding carboxylic acids is 2. The molecule has 6 heteroatoms. The van der Waals surface area contributed by atoms with Gasteiger partial charge in [-0.15, -0.1) is 0 Å². The molecule has 2 aliphatic carbocycles. The van der Waals surface area contributed by atoms with Crippen molar-refractivity contribution in [2.45, 2.75) is 63.7 Å². The molecule has 1 aromatic carbocycles. The molecular weight excluding hydrogens is 436 g/mol. The molecule has 2 aliphatic rings. The minimum atomic E-state index is -0.332. The summed E-state index contributed by atoms with van der Waals surface area (Å²) in [4.78, 5) is 29.7. The van der Waals surface area contributed by atoms with Gasteiger partial charge in [-0.1, -0.05) is 12.8 Å². The van der Waals surface area contributed by atoms with Crippen LogP contribution in [-0.2, 0) is 11.8 Å². The monoisotopic (exact) mass is 468 g/mol. The number of carbonyl (C=O) groups is 2. The fourth-order valence-electron chi connectivity index (χ4n) is 5.52. The number of fused-ring (bicyclic) bond motifs is 1. The second kappa shape index (κ2) is 10.0. The van der Waals surface area contributed by atoms with E-state index in [1.165, 1.54) is 30.7 Å². The molecule has 35 heavy (non-hydrogen) atoms. The first-order valence-corrected chi connectivity index (χ1v) is 12.8. The number of rotatable bonds is 6. The van der Waals surface area contributed by atoms with Gasteiger partial charge in [0.05, 0.1) is 11.6 Å². The lowest BCUT2D eigenvalue weighted by molar-refractivity contribution is -0.123. The minimum Gasteiger partial charge on any atom is -0.350 e. The van der Waals surface area contributed by atoms with Crippen LogP contribution in [0.3, 0.4) is 0 Å². The highest BCUT2D eigenvalue weighted by Crippen LogP contribution is 2.40. The number of nitrogens with zero attached hydrogens (tertiary/aromatic N) is 3. The van der Waals surface area contributed by atoms with Crippen molar-refractivity contribution in [3.63, 3.8) is 0 Å². The largest absolute Gasteiger partial charge is 0.350 e. The van der Waals surface area contributed by atoms with Gasteiger partial charge >= 0.3 is 0 Å². The summed E-state index contributed by atoms with van der Waals surface area (Å²) >= 11 is 0. The molecule has 2 unspecified atom stereocenters. The number of hydrogen-bond acceptors (Lipinski definition) is 4. The maximum atomic E-state index is 12.8. The van der Waals surface area contributed by atoms with Crippen LogP contribution in [0.5, 0.6) is 0 Å². The topological polar surface area (TPSA) is 87.8 Å². The Balaban J connectivity index is 1.36. The van der Waals surface area contributed by atoms with Crippen LogP contribution in [-0.4, -0.2) is 21.2 Å². The Labute approximate surface area is 206 Å². The van der Waals surface area contributed by atoms with E-state index in [0.29, 0.717) is 28.9 Å². The van der Waals surface area contributed by atoms with Gasteiger partial charge in [0.25, 0.3) is 5.91 Å². The van der Waals surface area contributed by atoms with Gasteiger partial charge in [-0.3, -0.25) is 14.6 Å². The molecule has 180 valence electrons. The second-order valence-electron chi connectivity index (χ2n) is 10.3. The number of nitrogens with one attached hydrogen (secondary N) is 1. The summed E-state index contributed by atoms with van der Waals surface area (Å²) in [5.41, 5.74) is 3.77. The fraction of sp³-hybridized carbons (Fsp3) is 0.448. The highest BCUT2D eigenvalue weighted by atomic mass is 16.2. The summed E-state index contributed by atoms with van der Waals surface area (Å²) in [5, 5.41) is 13.2. The van der Waals surface area contributed by atoms with Crippen LogP contribution in [0.15, 0.2) is 42.7 Å². The first-order valence-electron chi connectivity index (χ1n) is 12.8. The molecule has 2 atom stereocenters. The van der Waals surface area contributed by atoms with E-state index in [9.17, 15) is 9.59 Å². The Morgan fingerprint density at radius 2 is 1.91 bits per heavy atom. The van der Waals surface area contributed by atoms with Gasteiger partial charge in [0.1, 0.15) is 11.5 Å². The van der Waals surface area contributed by atoms with Crippen LogP contribution in [0.1, 0.15) is 85.3 Å². The summed E-state index contributed by atoms with van der Waals surface area (Å²) < 4.78 is 2.16. The molecule has 6 nitrogen and oxygen atoms in total. The van der Waals surface area contributed by atoms with E-state index in [-0.39, 0.29) is 17.5 Å². The molecule has 0 bridgehead atoms. The van der Waals surface area contributed by atoms with E-state index in [1.54, 1.807) is 6.07 Å². The molecule has 2 heterocycles. The van der Waals surface area contributed by atoms with Gasteiger partial charge in [0, 0.05) is 48.4 Å². The molecule has 0 aliphatic heterocycles. The third-order valence-corrected chi connectivity index (χ3v) is 7.70. The Hall–Kier alpha value is -3.46. The maximum absolute atomic E-state index is 12.8. The Kier molecular flexibility index (Phi) is 6.68. The lowest BCUT2D eigenvalue weighted by Crippen LogP contribution is -2.18. The van der Waals surface area contributed by atoms with Crippen LogP contribution in [0.25, 0.3) is 10.9 Å². The number of amides is 1. The van der Waals surface area contributed by atoms with Crippen molar-refractivity contribution < 1.29 is 9.59 Å². The van der Waals surface area contributed by atoms with Crippen molar-refractivity contribution in [2.75, 3.05) is 5.32 Å². The van der Waals surface area contributed by atoms with Crippen molar-refractivity contribution in [3.8, 4) is 6.07 Å². The van der Waals surface area contributed by atoms with Gasteiger partial charge < -0.3 is 9.88 Å². The second-order valence-corrected chi connectivity index (χ2v) is 10.3. The summed E-state index contributed by atoms with van der Waals surface area (Å²) in [7, 11) is 2.06. The maximum Gasteiger partial charge on any atom is 0.274 e. The van der Waals surface area contributed by atoms with Crippen LogP contribution < -0.4 is 5.32 Å². The number of benzene rings is 1. The van der Waals surface area contributed by atoms with E-state index >= 15 is 0 Å². The van der Waals surface area contributed by atoms with E-state index in [0.717, 1.165) is 55.8 Å². The molecule has 1 N–H and O–H groups in total. The van der Waals surface area contributed by atoms with E-state index in [1.807, 2.05) is 24.3 Å². The minimum absolute atomic E-state index is 0.222. The van der Waals surface area contributed by atoms with Crippen LogP contribution >= 0.6 is 0 Å². The molecule has 5 rings (SSSR count). The third-order valence-electron chi connectivity index (χ3n) is 7.70. The predicted octanol–water partition coefficient (Wildman–Crippen LogP) is 6.12. The van der Waals surface area contributed by atoms with E-state index in [4.69, 9.17) is 5.26 Å². The SMILES string of the molecule is Cn1cc(C2CCCCC(C(=O)CC3CC3)CC2)c2cc(NC(=O)c3cc(C#N)ccn3)ccc21. The Morgan fingerprint density at radius 3 is 2.71 bits per heavy atom. The summed E-state index contributed by atoms with van der Waals surface area (Å²) in [6.45, 7) is 0. The van der Waals surface area contributed by atoms with Crippen molar-refractivity contribution in [1.29, 1.82) is 5.26 Å². The summed E-state index contributed by atoms with van der Waals surface area (Å²) in [6.07, 6.45) is 13.4. The van der Waals surface area contributed by atoms with Gasteiger partial charge in [-0.05, 0) is 86.3 Å². The highest BCUT2D eigenvalue weighted by Gasteiger charge is 2.30.